The molecule has 14 N–H and O–H groups in total. The van der Waals surface area contributed by atoms with E-state index in [-0.39, 0.29) is 47.9 Å². The summed E-state index contributed by atoms with van der Waals surface area (Å²) in [5, 5.41) is 20.3. The predicted molar refractivity (Wildman–Crippen MR) is 207 cm³/mol. The highest BCUT2D eigenvalue weighted by molar-refractivity contribution is 7.20. The van der Waals surface area contributed by atoms with Gasteiger partial charge in [-0.2, -0.15) is 0 Å². The van der Waals surface area contributed by atoms with E-state index in [1.54, 1.807) is 33.0 Å². The summed E-state index contributed by atoms with van der Waals surface area (Å²) in [5.41, 5.74) is 22.5. The molecule has 0 aliphatic rings. The number of ketones is 1. The molecule has 5 amide bonds. The highest BCUT2D eigenvalue weighted by Crippen LogP contribution is 2.25. The van der Waals surface area contributed by atoms with Gasteiger partial charge in [0, 0.05) is 19.2 Å². The molecule has 0 bridgehead atoms. The molecule has 0 spiro atoms. The Bertz CT molecular complexity index is 1500. The third-order valence-corrected chi connectivity index (χ3v) is 8.11. The molecule has 2 aromatic rings. The Balaban J connectivity index is 0.00000513. The summed E-state index contributed by atoms with van der Waals surface area (Å²) in [4.78, 5) is 84.5. The van der Waals surface area contributed by atoms with Crippen molar-refractivity contribution < 1.29 is 33.9 Å². The number of hydrogen-bond donors (Lipinski definition) is 10. The number of primary amides is 1. The van der Waals surface area contributed by atoms with Crippen molar-refractivity contribution in [3.8, 4) is 0 Å². The second kappa shape index (κ2) is 27.0. The van der Waals surface area contributed by atoms with Crippen LogP contribution in [0.2, 0.25) is 0 Å². The molecule has 0 radical (unpaired) electrons. The van der Waals surface area contributed by atoms with Gasteiger partial charge in [-0.3, -0.25) is 33.8 Å². The molecular weight excluding hydrogens is 707 g/mol. The first-order valence-electron chi connectivity index (χ1n) is 17.4. The van der Waals surface area contributed by atoms with Crippen LogP contribution in [0.15, 0.2) is 23.2 Å². The lowest BCUT2D eigenvalue weighted by Gasteiger charge is -2.20. The number of rotatable bonds is 21. The number of Topliss-reactive ketones (excluding diaryl/α,β-unsaturated/α-hetero) is 1. The molecule has 2 rings (SSSR count). The van der Waals surface area contributed by atoms with Crippen LogP contribution in [0.3, 0.4) is 0 Å². The molecule has 19 heteroatoms. The molecule has 1 heterocycles. The molecule has 1 aromatic carbocycles. The highest BCUT2D eigenvalue weighted by atomic mass is 32.1. The van der Waals surface area contributed by atoms with Crippen molar-refractivity contribution in [1.29, 1.82) is 0 Å². The number of aliphatic hydroxyl groups is 1. The van der Waals surface area contributed by atoms with Crippen LogP contribution in [0.5, 0.6) is 0 Å². The Hall–Kier alpha value is -4.72. The Morgan fingerprint density at radius 1 is 0.887 bits per heavy atom. The Labute approximate surface area is 315 Å². The fourth-order valence-electron chi connectivity index (χ4n) is 4.59. The average molecular weight is 766 g/mol. The van der Waals surface area contributed by atoms with Crippen molar-refractivity contribution in [2.75, 3.05) is 40.3 Å². The highest BCUT2D eigenvalue weighted by Gasteiger charge is 2.27. The van der Waals surface area contributed by atoms with Crippen LogP contribution in [0.4, 0.5) is 0 Å². The monoisotopic (exact) mass is 765 g/mol. The van der Waals surface area contributed by atoms with E-state index < -0.39 is 54.1 Å². The number of benzene rings is 1. The molecule has 298 valence electrons. The molecule has 0 aliphatic carbocycles. The van der Waals surface area contributed by atoms with Gasteiger partial charge in [0.25, 0.3) is 5.91 Å². The molecule has 3 atom stereocenters. The third kappa shape index (κ3) is 18.6. The van der Waals surface area contributed by atoms with Crippen molar-refractivity contribution in [2.24, 2.45) is 33.8 Å². The first-order chi connectivity index (χ1) is 25.2. The van der Waals surface area contributed by atoms with Gasteiger partial charge in [-0.1, -0.05) is 34.1 Å². The van der Waals surface area contributed by atoms with E-state index in [4.69, 9.17) is 28.0 Å². The molecular formula is C34H59N11O7S. The van der Waals surface area contributed by atoms with E-state index in [9.17, 15) is 28.8 Å². The maximum absolute atomic E-state index is 13.6. The lowest BCUT2D eigenvalue weighted by molar-refractivity contribution is -0.130. The van der Waals surface area contributed by atoms with Crippen LogP contribution < -0.4 is 49.5 Å². The summed E-state index contributed by atoms with van der Waals surface area (Å²) in [5.74, 6) is -3.56. The van der Waals surface area contributed by atoms with E-state index in [2.05, 4.69) is 50.4 Å². The largest absolute Gasteiger partial charge is 0.400 e. The number of aliphatic imine (C=N–C) groups is 1. The molecule has 0 saturated carbocycles. The number of carbonyl (C=O) groups is 6. The summed E-state index contributed by atoms with van der Waals surface area (Å²) < 4.78 is 0.532. The smallest absolute Gasteiger partial charge is 0.251 e. The standard InChI is InChI=1S/C30H47N11O6S.C3H8.CH4O/c1-16(2)24(26(32)45)41-27(46)17-9-10-18-21(13-17)48-29(40-18)25(44)19(8-6-12-36-30(33)34)38-23(43)15-37-28(47)20(7-4-5-11-31)39-22(42)14-35-3;1-3-2;1-2/h9-10,13,16,19-20,24,35H,4-8,11-12,14-15,31H2,1-3H3,(H2,32,45)(H,37,47)(H,38,43)(H,39,42)(H,41,46)(H4,33,34,36);3H2,1-2H3;2H,1H3. The summed E-state index contributed by atoms with van der Waals surface area (Å²) in [7, 11) is 2.60. The Morgan fingerprint density at radius 2 is 1.49 bits per heavy atom. The fourth-order valence-corrected chi connectivity index (χ4v) is 5.59. The van der Waals surface area contributed by atoms with Crippen molar-refractivity contribution in [2.45, 2.75) is 84.3 Å². The Morgan fingerprint density at radius 3 is 2.06 bits per heavy atom. The predicted octanol–water partition coefficient (Wildman–Crippen LogP) is -0.769. The number of aliphatic hydroxyl groups excluding tert-OH is 1. The number of carbonyl (C=O) groups excluding carboxylic acids is 6. The van der Waals surface area contributed by atoms with Gasteiger partial charge in [-0.25, -0.2) is 4.98 Å². The molecule has 0 aliphatic heterocycles. The number of unbranched alkanes of at least 4 members (excludes halogenated alkanes) is 1. The van der Waals surface area contributed by atoms with Gasteiger partial charge in [0.05, 0.1) is 29.3 Å². The zero-order valence-electron chi connectivity index (χ0n) is 31.6. The number of thiazole rings is 1. The van der Waals surface area contributed by atoms with Crippen LogP contribution in [-0.4, -0.2) is 110 Å². The lowest BCUT2D eigenvalue weighted by Crippen LogP contribution is -2.51. The van der Waals surface area contributed by atoms with Crippen LogP contribution in [-0.2, 0) is 19.2 Å². The lowest BCUT2D eigenvalue weighted by atomic mass is 10.0. The SMILES string of the molecule is CCC.CNCC(=O)NC(CCCCN)C(=O)NCC(=O)NC(CCCN=C(N)N)C(=O)c1nc2ccc(C(=O)NC(C(N)=O)C(C)C)cc2s1.CO. The van der Waals surface area contributed by atoms with Crippen molar-refractivity contribution in [1.82, 2.24) is 31.6 Å². The molecule has 53 heavy (non-hydrogen) atoms. The number of fused-ring (bicyclic) bond motifs is 1. The number of nitrogens with one attached hydrogen (secondary N) is 5. The molecule has 0 fully saturated rings. The van der Waals surface area contributed by atoms with Gasteiger partial charge in [0.1, 0.15) is 12.1 Å². The zero-order valence-corrected chi connectivity index (χ0v) is 32.4. The van der Waals surface area contributed by atoms with Crippen LogP contribution >= 0.6 is 11.3 Å². The average Bonchev–Trinajstić information content (AvgIpc) is 3.54. The zero-order chi connectivity index (χ0) is 40.5. The second-order valence-electron chi connectivity index (χ2n) is 12.1. The summed E-state index contributed by atoms with van der Waals surface area (Å²) in [6.07, 6.45) is 3.33. The molecule has 0 saturated heterocycles. The van der Waals surface area contributed by atoms with Crippen molar-refractivity contribution >= 4 is 62.8 Å². The second-order valence-corrected chi connectivity index (χ2v) is 13.1. The van der Waals surface area contributed by atoms with Gasteiger partial charge in [-0.05, 0) is 69.8 Å². The van der Waals surface area contributed by atoms with Gasteiger partial charge in [0.2, 0.25) is 29.4 Å². The molecule has 3 unspecified atom stereocenters. The number of amides is 5. The van der Waals surface area contributed by atoms with Crippen LogP contribution in [0.1, 0.15) is 86.4 Å². The maximum Gasteiger partial charge on any atom is 0.251 e. The number of nitrogens with zero attached hydrogens (tertiary/aromatic N) is 2. The third-order valence-electron chi connectivity index (χ3n) is 7.08. The summed E-state index contributed by atoms with van der Waals surface area (Å²) in [6, 6.07) is 1.88. The van der Waals surface area contributed by atoms with E-state index in [0.717, 1.165) is 18.4 Å². The van der Waals surface area contributed by atoms with Gasteiger partial charge in [-0.15, -0.1) is 11.3 Å². The fraction of sp³-hybridized carbons (Fsp3) is 0.588. The number of likely N-dealkylation sites (N-methyl/N-ethyl adjacent to an activating group) is 1. The minimum atomic E-state index is -1.04. The Kier molecular flexibility index (Phi) is 24.6. The number of aromatic nitrogens is 1. The van der Waals surface area contributed by atoms with Crippen molar-refractivity contribution in [3.63, 3.8) is 0 Å². The van der Waals surface area contributed by atoms with E-state index >= 15 is 0 Å². The minimum Gasteiger partial charge on any atom is -0.400 e. The topological polar surface area (TPSA) is 312 Å². The van der Waals surface area contributed by atoms with E-state index in [0.29, 0.717) is 42.4 Å². The van der Waals surface area contributed by atoms with Gasteiger partial charge < -0.3 is 54.6 Å². The summed E-state index contributed by atoms with van der Waals surface area (Å²) >= 11 is 1.03. The summed E-state index contributed by atoms with van der Waals surface area (Å²) in [6.45, 7) is 7.96. The quantitative estimate of drug-likeness (QED) is 0.0324. The first kappa shape index (κ1) is 48.3. The maximum atomic E-state index is 13.6. The van der Waals surface area contributed by atoms with E-state index in [1.807, 2.05) is 0 Å². The van der Waals surface area contributed by atoms with Crippen LogP contribution in [0.25, 0.3) is 10.2 Å². The number of hydrogen-bond acceptors (Lipinski definition) is 12. The first-order valence-corrected chi connectivity index (χ1v) is 18.3. The molecule has 1 aromatic heterocycles. The van der Waals surface area contributed by atoms with Gasteiger partial charge >= 0.3 is 0 Å². The van der Waals surface area contributed by atoms with Crippen LogP contribution in [0, 0.1) is 5.92 Å². The molecule has 18 nitrogen and oxygen atoms in total. The number of guanidine groups is 1. The number of nitrogens with two attached hydrogens (primary N) is 4. The van der Waals surface area contributed by atoms with E-state index in [1.165, 1.54) is 12.5 Å². The minimum absolute atomic E-state index is 0.0129. The normalized spacial score (nSPS) is 12.1. The van der Waals surface area contributed by atoms with Crippen molar-refractivity contribution in [3.05, 3.63) is 28.8 Å². The van der Waals surface area contributed by atoms with Gasteiger partial charge in [0.15, 0.2) is 11.0 Å².